The fraction of sp³-hybridized carbons (Fsp3) is 0.200. The van der Waals surface area contributed by atoms with Crippen LogP contribution in [0.25, 0.3) is 6.08 Å². The average Bonchev–Trinajstić information content (AvgIpc) is 3.21. The summed E-state index contributed by atoms with van der Waals surface area (Å²) in [5, 5.41) is 4.94. The maximum absolute atomic E-state index is 12.9. The smallest absolute Gasteiger partial charge is 0.294 e. The molecule has 1 aliphatic rings. The van der Waals surface area contributed by atoms with Crippen LogP contribution in [0.5, 0.6) is 11.5 Å². The van der Waals surface area contributed by atoms with Crippen molar-refractivity contribution in [3.63, 3.8) is 0 Å². The number of aryl methyl sites for hydroxylation is 2. The molecule has 0 atom stereocenters. The zero-order valence-electron chi connectivity index (χ0n) is 22.4. The van der Waals surface area contributed by atoms with Gasteiger partial charge in [-0.25, -0.2) is 0 Å². The summed E-state index contributed by atoms with van der Waals surface area (Å²) in [7, 11) is 1.46. The van der Waals surface area contributed by atoms with E-state index in [-0.39, 0.29) is 17.4 Å². The van der Waals surface area contributed by atoms with Crippen molar-refractivity contribution < 1.29 is 28.7 Å². The quantitative estimate of drug-likeness (QED) is 0.326. The second-order valence-corrected chi connectivity index (χ2v) is 9.97. The number of ether oxygens (including phenoxy) is 2. The van der Waals surface area contributed by atoms with Gasteiger partial charge in [0.05, 0.1) is 12.0 Å². The third kappa shape index (κ3) is 7.29. The van der Waals surface area contributed by atoms with E-state index in [1.165, 1.54) is 12.7 Å². The molecule has 0 aromatic heterocycles. The number of methoxy groups -OCH3 is 1. The molecule has 1 saturated heterocycles. The second kappa shape index (κ2) is 13.0. The summed E-state index contributed by atoms with van der Waals surface area (Å²) in [6, 6.07) is 19.7. The summed E-state index contributed by atoms with van der Waals surface area (Å²) in [5.74, 6) is -0.660. The third-order valence-corrected chi connectivity index (χ3v) is 6.91. The van der Waals surface area contributed by atoms with Crippen molar-refractivity contribution in [2.75, 3.05) is 30.9 Å². The van der Waals surface area contributed by atoms with Crippen LogP contribution < -0.4 is 20.1 Å². The zero-order valence-corrected chi connectivity index (χ0v) is 23.2. The highest BCUT2D eigenvalue weighted by Crippen LogP contribution is 2.34. The number of nitrogens with zero attached hydrogens (tertiary/aromatic N) is 1. The van der Waals surface area contributed by atoms with Crippen molar-refractivity contribution in [3.05, 3.63) is 88.3 Å². The highest BCUT2D eigenvalue weighted by atomic mass is 32.2. The maximum atomic E-state index is 12.9. The molecule has 4 amide bonds. The van der Waals surface area contributed by atoms with Crippen LogP contribution >= 0.6 is 11.8 Å². The van der Waals surface area contributed by atoms with Crippen LogP contribution in [-0.4, -0.2) is 48.1 Å². The number of thioether (sulfide) groups is 1. The van der Waals surface area contributed by atoms with Gasteiger partial charge in [-0.2, -0.15) is 0 Å². The van der Waals surface area contributed by atoms with E-state index in [4.69, 9.17) is 9.47 Å². The van der Waals surface area contributed by atoms with Crippen LogP contribution in [0.3, 0.4) is 0 Å². The van der Waals surface area contributed by atoms with E-state index in [1.54, 1.807) is 36.4 Å². The Bertz CT molecular complexity index is 1450. The molecule has 0 bridgehead atoms. The van der Waals surface area contributed by atoms with Crippen LogP contribution in [0, 0.1) is 6.92 Å². The summed E-state index contributed by atoms with van der Waals surface area (Å²) in [5.41, 5.74) is 4.06. The average molecular weight is 560 g/mol. The normalized spacial score (nSPS) is 13.9. The van der Waals surface area contributed by atoms with Crippen LogP contribution in [0.1, 0.15) is 23.6 Å². The van der Waals surface area contributed by atoms with Crippen molar-refractivity contribution >= 4 is 52.2 Å². The van der Waals surface area contributed by atoms with Gasteiger partial charge in [0, 0.05) is 11.4 Å². The molecule has 40 heavy (non-hydrogen) atoms. The fourth-order valence-corrected chi connectivity index (χ4v) is 4.66. The summed E-state index contributed by atoms with van der Waals surface area (Å²) >= 11 is 0.755. The minimum Gasteiger partial charge on any atom is -0.493 e. The molecule has 0 aliphatic carbocycles. The highest BCUT2D eigenvalue weighted by molar-refractivity contribution is 8.18. The lowest BCUT2D eigenvalue weighted by molar-refractivity contribution is -0.127. The van der Waals surface area contributed by atoms with Crippen LogP contribution in [-0.2, 0) is 20.8 Å². The SMILES string of the molecule is CCc1ccc(NC(=O)COc2ccc(/C=C3\SC(=O)N(CC(=O)Nc4ccc(C)cc4)C3=O)cc2OC)cc1. The first-order chi connectivity index (χ1) is 19.2. The molecule has 0 saturated carbocycles. The van der Waals surface area contributed by atoms with Gasteiger partial charge in [-0.05, 0) is 78.7 Å². The van der Waals surface area contributed by atoms with E-state index in [9.17, 15) is 19.2 Å². The first-order valence-corrected chi connectivity index (χ1v) is 13.4. The van der Waals surface area contributed by atoms with Crippen LogP contribution in [0.2, 0.25) is 0 Å². The van der Waals surface area contributed by atoms with Gasteiger partial charge in [0.1, 0.15) is 6.54 Å². The lowest BCUT2D eigenvalue weighted by atomic mass is 10.1. The van der Waals surface area contributed by atoms with Crippen molar-refractivity contribution in [2.45, 2.75) is 20.3 Å². The minimum absolute atomic E-state index is 0.178. The first-order valence-electron chi connectivity index (χ1n) is 12.6. The summed E-state index contributed by atoms with van der Waals surface area (Å²) < 4.78 is 11.1. The molecule has 3 aromatic carbocycles. The molecule has 9 nitrogen and oxygen atoms in total. The maximum Gasteiger partial charge on any atom is 0.294 e. The Hall–Kier alpha value is -4.57. The molecule has 10 heteroatoms. The van der Waals surface area contributed by atoms with E-state index < -0.39 is 23.6 Å². The highest BCUT2D eigenvalue weighted by Gasteiger charge is 2.36. The number of hydrogen-bond donors (Lipinski definition) is 2. The Kier molecular flexibility index (Phi) is 9.23. The van der Waals surface area contributed by atoms with Gasteiger partial charge in [-0.15, -0.1) is 0 Å². The Morgan fingerprint density at radius 1 is 0.900 bits per heavy atom. The van der Waals surface area contributed by atoms with E-state index in [0.717, 1.165) is 28.6 Å². The van der Waals surface area contributed by atoms with Gasteiger partial charge in [-0.3, -0.25) is 24.1 Å². The molecule has 2 N–H and O–H groups in total. The minimum atomic E-state index is -0.558. The molecule has 1 fully saturated rings. The second-order valence-electron chi connectivity index (χ2n) is 8.98. The molecule has 3 aromatic rings. The zero-order chi connectivity index (χ0) is 28.6. The fourth-order valence-electron chi connectivity index (χ4n) is 3.83. The van der Waals surface area contributed by atoms with Gasteiger partial charge in [0.25, 0.3) is 17.1 Å². The van der Waals surface area contributed by atoms with Crippen molar-refractivity contribution in [1.82, 2.24) is 4.90 Å². The number of benzene rings is 3. The molecular formula is C30H29N3O6S. The largest absolute Gasteiger partial charge is 0.493 e. The Morgan fingerprint density at radius 2 is 1.55 bits per heavy atom. The Morgan fingerprint density at radius 3 is 2.20 bits per heavy atom. The van der Waals surface area contributed by atoms with E-state index in [0.29, 0.717) is 28.4 Å². The number of rotatable bonds is 10. The lowest BCUT2D eigenvalue weighted by Gasteiger charge is -2.13. The number of amides is 4. The summed E-state index contributed by atoms with van der Waals surface area (Å²) in [6.45, 7) is 3.37. The molecule has 4 rings (SSSR count). The number of nitrogens with one attached hydrogen (secondary N) is 2. The van der Waals surface area contributed by atoms with Crippen molar-refractivity contribution in [1.29, 1.82) is 0 Å². The standard InChI is InChI=1S/C30H29N3O6S/c1-4-20-7-12-23(13-8-20)32-28(35)18-39-24-14-9-21(15-25(24)38-3)16-26-29(36)33(30(37)40-26)17-27(34)31-22-10-5-19(2)6-11-22/h5-16H,4,17-18H2,1-3H3,(H,31,34)(H,32,35)/b26-16-. The molecule has 0 radical (unpaired) electrons. The van der Waals surface area contributed by atoms with Crippen LogP contribution in [0.15, 0.2) is 71.6 Å². The van der Waals surface area contributed by atoms with Crippen LogP contribution in [0.4, 0.5) is 16.2 Å². The molecule has 1 heterocycles. The van der Waals surface area contributed by atoms with Gasteiger partial charge >= 0.3 is 0 Å². The number of anilines is 2. The van der Waals surface area contributed by atoms with E-state index in [2.05, 4.69) is 17.6 Å². The van der Waals surface area contributed by atoms with Crippen molar-refractivity contribution in [2.24, 2.45) is 0 Å². The van der Waals surface area contributed by atoms with Crippen molar-refractivity contribution in [3.8, 4) is 11.5 Å². The molecule has 1 aliphatic heterocycles. The number of carbonyl (C=O) groups excluding carboxylic acids is 4. The number of hydrogen-bond acceptors (Lipinski definition) is 7. The molecule has 206 valence electrons. The van der Waals surface area contributed by atoms with E-state index in [1.807, 2.05) is 43.3 Å². The molecule has 0 unspecified atom stereocenters. The number of carbonyl (C=O) groups is 4. The van der Waals surface area contributed by atoms with Gasteiger partial charge in [0.2, 0.25) is 5.91 Å². The predicted octanol–water partition coefficient (Wildman–Crippen LogP) is 5.26. The van der Waals surface area contributed by atoms with Gasteiger partial charge < -0.3 is 20.1 Å². The summed E-state index contributed by atoms with van der Waals surface area (Å²) in [4.78, 5) is 51.2. The molecular weight excluding hydrogens is 530 g/mol. The molecule has 0 spiro atoms. The lowest BCUT2D eigenvalue weighted by Crippen LogP contribution is -2.36. The summed E-state index contributed by atoms with van der Waals surface area (Å²) in [6.07, 6.45) is 2.46. The third-order valence-electron chi connectivity index (χ3n) is 6.00. The van der Waals surface area contributed by atoms with E-state index >= 15 is 0 Å². The predicted molar refractivity (Wildman–Crippen MR) is 155 cm³/mol. The monoisotopic (exact) mass is 559 g/mol. The topological polar surface area (TPSA) is 114 Å². The number of imide groups is 1. The Labute approximate surface area is 236 Å². The Balaban J connectivity index is 1.36. The van der Waals surface area contributed by atoms with Gasteiger partial charge in [0.15, 0.2) is 18.1 Å². The van der Waals surface area contributed by atoms with Gasteiger partial charge in [-0.1, -0.05) is 42.8 Å². The first kappa shape index (κ1) is 28.4.